The van der Waals surface area contributed by atoms with Crippen molar-refractivity contribution in [2.24, 2.45) is 0 Å². The van der Waals surface area contributed by atoms with Gasteiger partial charge in [0.15, 0.2) is 0 Å². The first-order valence-corrected chi connectivity index (χ1v) is 4.64. The minimum Gasteiger partial charge on any atom is -0.383 e. The molecule has 0 aromatic heterocycles. The maximum absolute atomic E-state index is 11.2. The Hall–Kier alpha value is -1.28. The number of methoxy groups -OCH3 is 1. The fourth-order valence-electron chi connectivity index (χ4n) is 0.911. The number of amides is 2. The van der Waals surface area contributed by atoms with Crippen molar-refractivity contribution < 1.29 is 9.53 Å². The molecule has 0 aliphatic heterocycles. The van der Waals surface area contributed by atoms with Gasteiger partial charge in [0, 0.05) is 19.7 Å². The maximum atomic E-state index is 11.2. The van der Waals surface area contributed by atoms with Gasteiger partial charge in [0.1, 0.15) is 0 Å². The molecular weight excluding hydrogens is 182 g/mol. The lowest BCUT2D eigenvalue weighted by atomic mass is 10.2. The maximum Gasteiger partial charge on any atom is 0.315 e. The molecule has 0 aliphatic carbocycles. The molecule has 1 atom stereocenters. The molecule has 0 saturated heterocycles. The summed E-state index contributed by atoms with van der Waals surface area (Å²) in [7, 11) is 1.57. The van der Waals surface area contributed by atoms with Gasteiger partial charge in [0.25, 0.3) is 0 Å². The summed E-state index contributed by atoms with van der Waals surface area (Å²) in [5.41, 5.74) is 0. The van der Waals surface area contributed by atoms with Crippen molar-refractivity contribution in [3.8, 4) is 6.07 Å². The fourth-order valence-corrected chi connectivity index (χ4v) is 0.911. The minimum absolute atomic E-state index is 0.0671. The predicted octanol–water partition coefficient (Wildman–Crippen LogP) is 0.624. The van der Waals surface area contributed by atoms with Crippen LogP contribution in [-0.4, -0.2) is 32.3 Å². The summed E-state index contributed by atoms with van der Waals surface area (Å²) in [6.45, 7) is 2.89. The van der Waals surface area contributed by atoms with Gasteiger partial charge in [-0.2, -0.15) is 5.26 Å². The SMILES string of the molecule is CC[C@H](CC#N)NC(=O)NCCOC. The Kier molecular flexibility index (Phi) is 7.56. The van der Waals surface area contributed by atoms with E-state index in [1.807, 2.05) is 13.0 Å². The third-order valence-corrected chi connectivity index (χ3v) is 1.76. The van der Waals surface area contributed by atoms with Crippen molar-refractivity contribution in [3.63, 3.8) is 0 Å². The van der Waals surface area contributed by atoms with Crippen molar-refractivity contribution in [2.45, 2.75) is 25.8 Å². The molecule has 0 aliphatic rings. The van der Waals surface area contributed by atoms with E-state index in [2.05, 4.69) is 10.6 Å². The largest absolute Gasteiger partial charge is 0.383 e. The number of hydrogen-bond donors (Lipinski definition) is 2. The van der Waals surface area contributed by atoms with E-state index in [1.54, 1.807) is 7.11 Å². The Morgan fingerprint density at radius 3 is 2.86 bits per heavy atom. The van der Waals surface area contributed by atoms with Gasteiger partial charge in [-0.3, -0.25) is 0 Å². The average molecular weight is 199 g/mol. The number of urea groups is 1. The normalized spacial score (nSPS) is 11.5. The number of carbonyl (C=O) groups excluding carboxylic acids is 1. The highest BCUT2D eigenvalue weighted by molar-refractivity contribution is 5.74. The summed E-state index contributed by atoms with van der Waals surface area (Å²) in [4.78, 5) is 11.2. The number of nitriles is 1. The standard InChI is InChI=1S/C9H17N3O2/c1-3-8(4-5-10)12-9(13)11-6-7-14-2/h8H,3-4,6-7H2,1-2H3,(H2,11,12,13)/t8-/m1/s1. The molecular formula is C9H17N3O2. The second kappa shape index (κ2) is 8.32. The molecule has 0 rings (SSSR count). The van der Waals surface area contributed by atoms with Crippen LogP contribution < -0.4 is 10.6 Å². The first-order valence-electron chi connectivity index (χ1n) is 4.64. The van der Waals surface area contributed by atoms with Crippen molar-refractivity contribution in [1.82, 2.24) is 10.6 Å². The van der Waals surface area contributed by atoms with E-state index in [9.17, 15) is 4.79 Å². The number of nitrogens with zero attached hydrogens (tertiary/aromatic N) is 1. The topological polar surface area (TPSA) is 74.2 Å². The average Bonchev–Trinajstić information content (AvgIpc) is 2.17. The monoisotopic (exact) mass is 199 g/mol. The number of rotatable bonds is 6. The molecule has 0 unspecified atom stereocenters. The first-order chi connectivity index (χ1) is 6.74. The van der Waals surface area contributed by atoms with E-state index in [0.29, 0.717) is 19.6 Å². The Morgan fingerprint density at radius 1 is 1.64 bits per heavy atom. The number of hydrogen-bond acceptors (Lipinski definition) is 3. The van der Waals surface area contributed by atoms with Gasteiger partial charge in [-0.05, 0) is 6.42 Å². The molecule has 5 heteroatoms. The van der Waals surface area contributed by atoms with Gasteiger partial charge in [-0.15, -0.1) is 0 Å². The van der Waals surface area contributed by atoms with Crippen LogP contribution in [0.2, 0.25) is 0 Å². The van der Waals surface area contributed by atoms with E-state index < -0.39 is 0 Å². The molecule has 80 valence electrons. The Bertz CT molecular complexity index is 201. The molecule has 5 nitrogen and oxygen atoms in total. The number of carbonyl (C=O) groups is 1. The molecule has 0 spiro atoms. The lowest BCUT2D eigenvalue weighted by Gasteiger charge is -2.13. The van der Waals surface area contributed by atoms with E-state index in [1.165, 1.54) is 0 Å². The van der Waals surface area contributed by atoms with Crippen molar-refractivity contribution in [1.29, 1.82) is 5.26 Å². The van der Waals surface area contributed by atoms with Crippen molar-refractivity contribution in [2.75, 3.05) is 20.3 Å². The molecule has 14 heavy (non-hydrogen) atoms. The Labute approximate surface area is 84.4 Å². The Morgan fingerprint density at radius 2 is 2.36 bits per heavy atom. The molecule has 0 saturated carbocycles. The van der Waals surface area contributed by atoms with E-state index in [4.69, 9.17) is 10.00 Å². The molecule has 0 aromatic carbocycles. The van der Waals surface area contributed by atoms with Crippen LogP contribution in [0.5, 0.6) is 0 Å². The molecule has 0 bridgehead atoms. The lowest BCUT2D eigenvalue weighted by Crippen LogP contribution is -2.42. The van der Waals surface area contributed by atoms with Gasteiger partial charge in [0.2, 0.25) is 0 Å². The van der Waals surface area contributed by atoms with Gasteiger partial charge < -0.3 is 15.4 Å². The van der Waals surface area contributed by atoms with Crippen LogP contribution in [0.4, 0.5) is 4.79 Å². The molecule has 0 heterocycles. The second-order valence-corrected chi connectivity index (χ2v) is 2.86. The smallest absolute Gasteiger partial charge is 0.315 e. The zero-order valence-corrected chi connectivity index (χ0v) is 8.67. The first kappa shape index (κ1) is 12.7. The zero-order chi connectivity index (χ0) is 10.8. The molecule has 2 N–H and O–H groups in total. The van der Waals surface area contributed by atoms with Gasteiger partial charge in [0.05, 0.1) is 19.1 Å². The molecule has 0 radical (unpaired) electrons. The van der Waals surface area contributed by atoms with Gasteiger partial charge in [-0.1, -0.05) is 6.92 Å². The molecule has 2 amide bonds. The van der Waals surface area contributed by atoms with Crippen molar-refractivity contribution >= 4 is 6.03 Å². The van der Waals surface area contributed by atoms with Crippen LogP contribution in [0.15, 0.2) is 0 Å². The Balaban J connectivity index is 3.63. The van der Waals surface area contributed by atoms with E-state index >= 15 is 0 Å². The van der Waals surface area contributed by atoms with Crippen LogP contribution in [0.1, 0.15) is 19.8 Å². The summed E-state index contributed by atoms with van der Waals surface area (Å²) in [6, 6.07) is 1.71. The summed E-state index contributed by atoms with van der Waals surface area (Å²) in [5.74, 6) is 0. The molecule has 0 fully saturated rings. The lowest BCUT2D eigenvalue weighted by molar-refractivity contribution is 0.195. The number of nitrogens with one attached hydrogen (secondary N) is 2. The van der Waals surface area contributed by atoms with E-state index in [-0.39, 0.29) is 12.1 Å². The van der Waals surface area contributed by atoms with Gasteiger partial charge >= 0.3 is 6.03 Å². The van der Waals surface area contributed by atoms with Crippen LogP contribution in [-0.2, 0) is 4.74 Å². The van der Waals surface area contributed by atoms with Crippen LogP contribution in [0.25, 0.3) is 0 Å². The van der Waals surface area contributed by atoms with Crippen LogP contribution >= 0.6 is 0 Å². The predicted molar refractivity (Wildman–Crippen MR) is 52.7 cm³/mol. The highest BCUT2D eigenvalue weighted by Crippen LogP contribution is 1.94. The highest BCUT2D eigenvalue weighted by atomic mass is 16.5. The summed E-state index contributed by atoms with van der Waals surface area (Å²) < 4.78 is 4.78. The summed E-state index contributed by atoms with van der Waals surface area (Å²) in [6.07, 6.45) is 1.10. The van der Waals surface area contributed by atoms with Crippen LogP contribution in [0.3, 0.4) is 0 Å². The van der Waals surface area contributed by atoms with Crippen LogP contribution in [0, 0.1) is 11.3 Å². The zero-order valence-electron chi connectivity index (χ0n) is 8.67. The highest BCUT2D eigenvalue weighted by Gasteiger charge is 2.08. The fraction of sp³-hybridized carbons (Fsp3) is 0.778. The summed E-state index contributed by atoms with van der Waals surface area (Å²) >= 11 is 0. The quantitative estimate of drug-likeness (QED) is 0.616. The van der Waals surface area contributed by atoms with E-state index in [0.717, 1.165) is 6.42 Å². The second-order valence-electron chi connectivity index (χ2n) is 2.86. The molecule has 0 aromatic rings. The number of ether oxygens (including phenoxy) is 1. The summed E-state index contributed by atoms with van der Waals surface area (Å²) in [5, 5.41) is 13.8. The third kappa shape index (κ3) is 6.26. The van der Waals surface area contributed by atoms with Crippen molar-refractivity contribution in [3.05, 3.63) is 0 Å². The minimum atomic E-state index is -0.246. The third-order valence-electron chi connectivity index (χ3n) is 1.76. The van der Waals surface area contributed by atoms with Gasteiger partial charge in [-0.25, -0.2) is 4.79 Å².